The van der Waals surface area contributed by atoms with Gasteiger partial charge in [0.2, 0.25) is 0 Å². The van der Waals surface area contributed by atoms with Crippen molar-refractivity contribution in [2.75, 3.05) is 7.11 Å². The van der Waals surface area contributed by atoms with Crippen LogP contribution >= 0.6 is 0 Å². The molecule has 3 heteroatoms. The zero-order valence-corrected chi connectivity index (χ0v) is 9.61. The Hall–Kier alpha value is -1.90. The molecule has 1 aromatic rings. The molecular formula is C13H14O3. The summed E-state index contributed by atoms with van der Waals surface area (Å²) in [6.45, 7) is 3.32. The predicted molar refractivity (Wildman–Crippen MR) is 61.9 cm³/mol. The van der Waals surface area contributed by atoms with Crippen molar-refractivity contribution in [3.8, 4) is 0 Å². The van der Waals surface area contributed by atoms with Crippen LogP contribution in [0, 0.1) is 6.92 Å². The number of carbonyl (C=O) groups is 2. The third-order valence-corrected chi connectivity index (χ3v) is 2.17. The average molecular weight is 218 g/mol. The van der Waals surface area contributed by atoms with Crippen molar-refractivity contribution in [2.24, 2.45) is 0 Å². The number of ether oxygens (including phenoxy) is 1. The smallest absolute Gasteiger partial charge is 0.341 e. The molecule has 0 unspecified atom stereocenters. The van der Waals surface area contributed by atoms with E-state index in [0.717, 1.165) is 11.1 Å². The monoisotopic (exact) mass is 218 g/mol. The summed E-state index contributed by atoms with van der Waals surface area (Å²) < 4.78 is 4.54. The number of methoxy groups -OCH3 is 1. The molecule has 0 heterocycles. The molecule has 0 aromatic heterocycles. The van der Waals surface area contributed by atoms with Gasteiger partial charge in [0, 0.05) is 0 Å². The third kappa shape index (κ3) is 3.05. The van der Waals surface area contributed by atoms with Crippen LogP contribution in [-0.2, 0) is 14.3 Å². The summed E-state index contributed by atoms with van der Waals surface area (Å²) in [5.74, 6) is -0.902. The van der Waals surface area contributed by atoms with Gasteiger partial charge in [0.15, 0.2) is 5.78 Å². The summed E-state index contributed by atoms with van der Waals surface area (Å²) in [5, 5.41) is 0. The summed E-state index contributed by atoms with van der Waals surface area (Å²) in [6.07, 6.45) is 1.54. The van der Waals surface area contributed by atoms with Crippen molar-refractivity contribution in [1.82, 2.24) is 0 Å². The van der Waals surface area contributed by atoms with Crippen molar-refractivity contribution in [3.05, 3.63) is 41.0 Å². The SMILES string of the molecule is COC(=O)/C(=C/c1ccc(C)cc1)C(C)=O. The minimum absolute atomic E-state index is 0.0614. The van der Waals surface area contributed by atoms with Crippen LogP contribution < -0.4 is 0 Å². The second-order valence-electron chi connectivity index (χ2n) is 3.52. The molecule has 0 aliphatic rings. The summed E-state index contributed by atoms with van der Waals surface area (Å²) in [7, 11) is 1.26. The van der Waals surface area contributed by atoms with Crippen LogP contribution in [0.15, 0.2) is 29.8 Å². The minimum atomic E-state index is -0.604. The van der Waals surface area contributed by atoms with E-state index in [0.29, 0.717) is 0 Å². The highest BCUT2D eigenvalue weighted by Gasteiger charge is 2.14. The highest BCUT2D eigenvalue weighted by Crippen LogP contribution is 2.10. The fraction of sp³-hybridized carbons (Fsp3) is 0.231. The molecule has 0 aliphatic heterocycles. The van der Waals surface area contributed by atoms with Gasteiger partial charge in [-0.05, 0) is 25.5 Å². The second kappa shape index (κ2) is 5.26. The Labute approximate surface area is 94.7 Å². The number of ketones is 1. The van der Waals surface area contributed by atoms with E-state index in [1.807, 2.05) is 31.2 Å². The third-order valence-electron chi connectivity index (χ3n) is 2.17. The van der Waals surface area contributed by atoms with Gasteiger partial charge in [0.1, 0.15) is 5.57 Å². The highest BCUT2D eigenvalue weighted by atomic mass is 16.5. The van der Waals surface area contributed by atoms with Crippen molar-refractivity contribution in [2.45, 2.75) is 13.8 Å². The first-order chi connectivity index (χ1) is 7.54. The molecule has 3 nitrogen and oxygen atoms in total. The molecule has 0 spiro atoms. The van der Waals surface area contributed by atoms with Gasteiger partial charge in [-0.15, -0.1) is 0 Å². The molecule has 0 N–H and O–H groups in total. The topological polar surface area (TPSA) is 43.4 Å². The molecule has 0 radical (unpaired) electrons. The molecule has 1 rings (SSSR count). The number of Topliss-reactive ketones (excluding diaryl/α,β-unsaturated/α-hetero) is 1. The van der Waals surface area contributed by atoms with Crippen LogP contribution in [-0.4, -0.2) is 18.9 Å². The summed E-state index contributed by atoms with van der Waals surface area (Å²) in [6, 6.07) is 7.53. The lowest BCUT2D eigenvalue weighted by Gasteiger charge is -2.01. The number of esters is 1. The standard InChI is InChI=1S/C13H14O3/c1-9-4-6-11(7-5-9)8-12(10(2)14)13(15)16-3/h4-8H,1-3H3/b12-8+. The first-order valence-corrected chi connectivity index (χ1v) is 4.92. The lowest BCUT2D eigenvalue weighted by atomic mass is 10.1. The predicted octanol–water partition coefficient (Wildman–Crippen LogP) is 2.14. The first-order valence-electron chi connectivity index (χ1n) is 4.92. The Balaban J connectivity index is 3.07. The fourth-order valence-electron chi connectivity index (χ4n) is 1.24. The van der Waals surface area contributed by atoms with Crippen molar-refractivity contribution in [3.63, 3.8) is 0 Å². The zero-order chi connectivity index (χ0) is 12.1. The number of hydrogen-bond donors (Lipinski definition) is 0. The maximum atomic E-state index is 11.3. The van der Waals surface area contributed by atoms with E-state index < -0.39 is 5.97 Å². The highest BCUT2D eigenvalue weighted by molar-refractivity contribution is 6.19. The van der Waals surface area contributed by atoms with Gasteiger partial charge >= 0.3 is 5.97 Å². The second-order valence-corrected chi connectivity index (χ2v) is 3.52. The Morgan fingerprint density at radius 1 is 1.19 bits per heavy atom. The molecule has 0 bridgehead atoms. The van der Waals surface area contributed by atoms with Gasteiger partial charge in [-0.3, -0.25) is 4.79 Å². The molecule has 0 fully saturated rings. The Kier molecular flexibility index (Phi) is 4.00. The normalized spacial score (nSPS) is 11.1. The van der Waals surface area contributed by atoms with E-state index in [1.165, 1.54) is 20.1 Å². The van der Waals surface area contributed by atoms with Crippen LogP contribution in [0.4, 0.5) is 0 Å². The summed E-state index contributed by atoms with van der Waals surface area (Å²) in [5.41, 5.74) is 1.99. The van der Waals surface area contributed by atoms with Gasteiger partial charge in [0.25, 0.3) is 0 Å². The van der Waals surface area contributed by atoms with Crippen molar-refractivity contribution in [1.29, 1.82) is 0 Å². The molecule has 0 aliphatic carbocycles. The molecule has 0 saturated carbocycles. The Morgan fingerprint density at radius 2 is 1.75 bits per heavy atom. The summed E-state index contributed by atoms with van der Waals surface area (Å²) in [4.78, 5) is 22.6. The number of hydrogen-bond acceptors (Lipinski definition) is 3. The van der Waals surface area contributed by atoms with Gasteiger partial charge in [-0.1, -0.05) is 29.8 Å². The minimum Gasteiger partial charge on any atom is -0.465 e. The van der Waals surface area contributed by atoms with Crippen molar-refractivity contribution >= 4 is 17.8 Å². The van der Waals surface area contributed by atoms with Crippen LogP contribution in [0.1, 0.15) is 18.1 Å². The van der Waals surface area contributed by atoms with Crippen LogP contribution in [0.3, 0.4) is 0 Å². The average Bonchev–Trinajstić information content (AvgIpc) is 2.27. The molecule has 0 amide bonds. The molecular weight excluding hydrogens is 204 g/mol. The Bertz CT molecular complexity index is 427. The van der Waals surface area contributed by atoms with E-state index in [4.69, 9.17) is 0 Å². The quantitative estimate of drug-likeness (QED) is 0.338. The number of benzene rings is 1. The maximum Gasteiger partial charge on any atom is 0.341 e. The molecule has 0 saturated heterocycles. The van der Waals surface area contributed by atoms with E-state index in [1.54, 1.807) is 0 Å². The molecule has 16 heavy (non-hydrogen) atoms. The molecule has 1 aromatic carbocycles. The van der Waals surface area contributed by atoms with Gasteiger partial charge in [0.05, 0.1) is 7.11 Å². The van der Waals surface area contributed by atoms with Crippen LogP contribution in [0.5, 0.6) is 0 Å². The van der Waals surface area contributed by atoms with E-state index in [9.17, 15) is 9.59 Å². The van der Waals surface area contributed by atoms with Gasteiger partial charge in [-0.25, -0.2) is 4.79 Å². The number of rotatable bonds is 3. The number of carbonyl (C=O) groups excluding carboxylic acids is 2. The lowest BCUT2D eigenvalue weighted by Crippen LogP contribution is -2.11. The van der Waals surface area contributed by atoms with Crippen molar-refractivity contribution < 1.29 is 14.3 Å². The van der Waals surface area contributed by atoms with Gasteiger partial charge < -0.3 is 4.74 Å². The lowest BCUT2D eigenvalue weighted by molar-refractivity contribution is -0.137. The van der Waals surface area contributed by atoms with E-state index in [-0.39, 0.29) is 11.4 Å². The largest absolute Gasteiger partial charge is 0.465 e. The maximum absolute atomic E-state index is 11.3. The van der Waals surface area contributed by atoms with Crippen LogP contribution in [0.25, 0.3) is 6.08 Å². The molecule has 0 atom stereocenters. The molecule has 84 valence electrons. The Morgan fingerprint density at radius 3 is 2.19 bits per heavy atom. The van der Waals surface area contributed by atoms with Gasteiger partial charge in [-0.2, -0.15) is 0 Å². The zero-order valence-electron chi connectivity index (χ0n) is 9.61. The van der Waals surface area contributed by atoms with Crippen LogP contribution in [0.2, 0.25) is 0 Å². The fourth-order valence-corrected chi connectivity index (χ4v) is 1.24. The summed E-state index contributed by atoms with van der Waals surface area (Å²) >= 11 is 0. The van der Waals surface area contributed by atoms with E-state index >= 15 is 0 Å². The van der Waals surface area contributed by atoms with E-state index in [2.05, 4.69) is 4.74 Å². The first kappa shape index (κ1) is 12.2. The number of aryl methyl sites for hydroxylation is 1.